The summed E-state index contributed by atoms with van der Waals surface area (Å²) in [6.07, 6.45) is 6.15. The molecule has 1 aliphatic heterocycles. The van der Waals surface area contributed by atoms with E-state index < -0.39 is 5.60 Å². The Labute approximate surface area is 154 Å². The largest absolute Gasteiger partial charge is 0.388 e. The van der Waals surface area contributed by atoms with Crippen LogP contribution < -0.4 is 10.2 Å². The monoisotopic (exact) mass is 366 g/mol. The Kier molecular flexibility index (Phi) is 6.11. The molecule has 2 N–H and O–H groups in total. The number of anilines is 1. The van der Waals surface area contributed by atoms with Gasteiger partial charge in [-0.05, 0) is 12.8 Å². The Morgan fingerprint density at radius 1 is 1.24 bits per heavy atom. The fourth-order valence-electron chi connectivity index (χ4n) is 3.59. The maximum absolute atomic E-state index is 10.7. The highest BCUT2D eigenvalue weighted by Crippen LogP contribution is 2.27. The van der Waals surface area contributed by atoms with E-state index in [1.807, 2.05) is 7.05 Å². The molecule has 0 radical (unpaired) electrons. The number of aromatic nitrogens is 2. The van der Waals surface area contributed by atoms with E-state index >= 15 is 0 Å². The minimum Gasteiger partial charge on any atom is -0.388 e. The van der Waals surface area contributed by atoms with Gasteiger partial charge in [0, 0.05) is 57.7 Å². The van der Waals surface area contributed by atoms with E-state index in [9.17, 15) is 5.11 Å². The van der Waals surface area contributed by atoms with Crippen molar-refractivity contribution in [1.29, 1.82) is 0 Å². The molecule has 25 heavy (non-hydrogen) atoms. The molecule has 1 aliphatic carbocycles. The molecule has 0 bridgehead atoms. The summed E-state index contributed by atoms with van der Waals surface area (Å²) in [5.74, 6) is 1.82. The van der Waals surface area contributed by atoms with Gasteiger partial charge in [-0.3, -0.25) is 4.99 Å². The van der Waals surface area contributed by atoms with Gasteiger partial charge in [0.1, 0.15) is 5.82 Å². The van der Waals surface area contributed by atoms with E-state index in [4.69, 9.17) is 0 Å². The Morgan fingerprint density at radius 3 is 2.56 bits per heavy atom. The molecule has 2 fully saturated rings. The predicted octanol–water partition coefficient (Wildman–Crippen LogP) is 1.49. The van der Waals surface area contributed by atoms with E-state index in [1.54, 1.807) is 0 Å². The van der Waals surface area contributed by atoms with Gasteiger partial charge in [0.05, 0.1) is 5.60 Å². The van der Waals surface area contributed by atoms with Gasteiger partial charge in [-0.25, -0.2) is 4.98 Å². The Morgan fingerprint density at radius 2 is 1.96 bits per heavy atom. The number of hydrogen-bond acceptors (Lipinski definition) is 6. The molecule has 0 atom stereocenters. The lowest BCUT2D eigenvalue weighted by atomic mass is 9.85. The van der Waals surface area contributed by atoms with Gasteiger partial charge in [0.25, 0.3) is 0 Å². The van der Waals surface area contributed by atoms with Crippen LogP contribution in [-0.2, 0) is 6.42 Å². The normalized spacial score (nSPS) is 21.5. The molecule has 2 heterocycles. The standard InChI is InChI=1S/C17H30N6OS/c1-3-14-20-16(25-21-14)23-11-9-22(10-12-23)15(18-2)19-13-17(24)7-5-4-6-8-17/h24H,3-13H2,1-2H3,(H,18,19). The van der Waals surface area contributed by atoms with E-state index in [1.165, 1.54) is 18.0 Å². The van der Waals surface area contributed by atoms with Gasteiger partial charge in [-0.1, -0.05) is 26.2 Å². The van der Waals surface area contributed by atoms with Crippen LogP contribution in [0.15, 0.2) is 4.99 Å². The molecule has 140 valence electrons. The lowest BCUT2D eigenvalue weighted by molar-refractivity contribution is 0.00810. The third-order valence-corrected chi connectivity index (χ3v) is 6.01. The second-order valence-electron chi connectivity index (χ2n) is 7.01. The molecule has 0 spiro atoms. The highest BCUT2D eigenvalue weighted by molar-refractivity contribution is 7.09. The van der Waals surface area contributed by atoms with Crippen molar-refractivity contribution in [2.45, 2.75) is 51.0 Å². The number of guanidine groups is 1. The molecule has 0 amide bonds. The lowest BCUT2D eigenvalue weighted by Crippen LogP contribution is -2.55. The van der Waals surface area contributed by atoms with E-state index in [2.05, 4.69) is 36.4 Å². The topological polar surface area (TPSA) is 76.9 Å². The van der Waals surface area contributed by atoms with Gasteiger partial charge in [-0.2, -0.15) is 4.37 Å². The Hall–Kier alpha value is -1.41. The second-order valence-corrected chi connectivity index (χ2v) is 7.74. The molecule has 0 aromatic carbocycles. The summed E-state index contributed by atoms with van der Waals surface area (Å²) in [5, 5.41) is 15.1. The fraction of sp³-hybridized carbons (Fsp3) is 0.824. The Balaban J connectivity index is 1.50. The van der Waals surface area contributed by atoms with Gasteiger partial charge in [-0.15, -0.1) is 0 Å². The van der Waals surface area contributed by atoms with Crippen LogP contribution >= 0.6 is 11.5 Å². The first-order chi connectivity index (χ1) is 12.1. The van der Waals surface area contributed by atoms with Crippen LogP contribution in [0.3, 0.4) is 0 Å². The number of aryl methyl sites for hydroxylation is 1. The van der Waals surface area contributed by atoms with Crippen molar-refractivity contribution in [2.75, 3.05) is 44.7 Å². The molecular formula is C17H30N6OS. The van der Waals surface area contributed by atoms with Crippen LogP contribution in [0, 0.1) is 0 Å². The summed E-state index contributed by atoms with van der Waals surface area (Å²) in [6, 6.07) is 0. The zero-order chi connectivity index (χ0) is 17.7. The summed E-state index contributed by atoms with van der Waals surface area (Å²) >= 11 is 1.49. The fourth-order valence-corrected chi connectivity index (χ4v) is 4.39. The first kappa shape index (κ1) is 18.4. The minimum absolute atomic E-state index is 0.570. The first-order valence-corrected chi connectivity index (χ1v) is 10.2. The zero-order valence-corrected chi connectivity index (χ0v) is 16.2. The van der Waals surface area contributed by atoms with Crippen LogP contribution in [0.1, 0.15) is 44.9 Å². The van der Waals surface area contributed by atoms with Gasteiger partial charge in [0.15, 0.2) is 5.96 Å². The smallest absolute Gasteiger partial charge is 0.205 e. The van der Waals surface area contributed by atoms with Crippen molar-refractivity contribution in [2.24, 2.45) is 4.99 Å². The Bertz CT molecular complexity index is 575. The van der Waals surface area contributed by atoms with Crippen LogP contribution in [0.5, 0.6) is 0 Å². The summed E-state index contributed by atoms with van der Waals surface area (Å²) < 4.78 is 4.38. The molecule has 1 aromatic rings. The van der Waals surface area contributed by atoms with Crippen molar-refractivity contribution in [3.63, 3.8) is 0 Å². The molecular weight excluding hydrogens is 336 g/mol. The highest BCUT2D eigenvalue weighted by atomic mass is 32.1. The van der Waals surface area contributed by atoms with Crippen LogP contribution in [0.4, 0.5) is 5.13 Å². The van der Waals surface area contributed by atoms with E-state index in [0.29, 0.717) is 6.54 Å². The molecule has 1 saturated carbocycles. The van der Waals surface area contributed by atoms with Crippen molar-refractivity contribution < 1.29 is 5.11 Å². The van der Waals surface area contributed by atoms with Crippen molar-refractivity contribution in [1.82, 2.24) is 19.6 Å². The third-order valence-electron chi connectivity index (χ3n) is 5.19. The summed E-state index contributed by atoms with van der Waals surface area (Å²) in [6.45, 7) is 6.32. The van der Waals surface area contributed by atoms with Crippen molar-refractivity contribution >= 4 is 22.6 Å². The zero-order valence-electron chi connectivity index (χ0n) is 15.4. The third kappa shape index (κ3) is 4.61. The van der Waals surface area contributed by atoms with Gasteiger partial charge < -0.3 is 20.2 Å². The molecule has 3 rings (SSSR count). The van der Waals surface area contributed by atoms with Gasteiger partial charge in [0.2, 0.25) is 5.13 Å². The average Bonchev–Trinajstić information content (AvgIpc) is 3.12. The van der Waals surface area contributed by atoms with Crippen molar-refractivity contribution in [3.8, 4) is 0 Å². The lowest BCUT2D eigenvalue weighted by Gasteiger charge is -2.38. The number of aliphatic imine (C=N–C) groups is 1. The molecule has 8 heteroatoms. The maximum atomic E-state index is 10.7. The molecule has 1 saturated heterocycles. The summed E-state index contributed by atoms with van der Waals surface area (Å²) in [7, 11) is 1.82. The van der Waals surface area contributed by atoms with Crippen LogP contribution in [-0.4, -0.2) is 70.7 Å². The second kappa shape index (κ2) is 8.31. The molecule has 0 unspecified atom stereocenters. The predicted molar refractivity (Wildman–Crippen MR) is 102 cm³/mol. The van der Waals surface area contributed by atoms with E-state index in [-0.39, 0.29) is 0 Å². The number of nitrogens with zero attached hydrogens (tertiary/aromatic N) is 5. The van der Waals surface area contributed by atoms with Crippen LogP contribution in [0.25, 0.3) is 0 Å². The molecule has 1 aromatic heterocycles. The number of hydrogen-bond donors (Lipinski definition) is 2. The quantitative estimate of drug-likeness (QED) is 0.621. The first-order valence-electron chi connectivity index (χ1n) is 9.39. The molecule has 2 aliphatic rings. The number of rotatable bonds is 4. The van der Waals surface area contributed by atoms with E-state index in [0.717, 1.165) is 75.2 Å². The SMILES string of the molecule is CCc1nsc(N2CCN(C(=NC)NCC3(O)CCCCC3)CC2)n1. The number of nitrogens with one attached hydrogen (secondary N) is 1. The van der Waals surface area contributed by atoms with Crippen molar-refractivity contribution in [3.05, 3.63) is 5.82 Å². The van der Waals surface area contributed by atoms with Gasteiger partial charge >= 0.3 is 0 Å². The highest BCUT2D eigenvalue weighted by Gasteiger charge is 2.30. The summed E-state index contributed by atoms with van der Waals surface area (Å²) in [5.41, 5.74) is -0.570. The summed E-state index contributed by atoms with van der Waals surface area (Å²) in [4.78, 5) is 13.6. The van der Waals surface area contributed by atoms with Crippen LogP contribution in [0.2, 0.25) is 0 Å². The molecule has 7 nitrogen and oxygen atoms in total. The maximum Gasteiger partial charge on any atom is 0.205 e. The average molecular weight is 367 g/mol. The number of piperazine rings is 1. The minimum atomic E-state index is -0.570. The number of aliphatic hydroxyl groups is 1.